The molecule has 1 aliphatic rings. The van der Waals surface area contributed by atoms with E-state index in [-0.39, 0.29) is 12.0 Å². The van der Waals surface area contributed by atoms with Crippen molar-refractivity contribution in [1.82, 2.24) is 0 Å². The highest BCUT2D eigenvalue weighted by Crippen LogP contribution is 2.37. The molecule has 2 atom stereocenters. The molecule has 0 aliphatic heterocycles. The molecule has 0 heterocycles. The Balaban J connectivity index is 2.10. The van der Waals surface area contributed by atoms with Gasteiger partial charge in [-0.3, -0.25) is 4.79 Å². The Morgan fingerprint density at radius 3 is 2.35 bits per heavy atom. The van der Waals surface area contributed by atoms with Crippen LogP contribution in [-0.4, -0.2) is 11.9 Å². The van der Waals surface area contributed by atoms with Crippen LogP contribution in [0.3, 0.4) is 0 Å². The van der Waals surface area contributed by atoms with Gasteiger partial charge in [0, 0.05) is 12.3 Å². The van der Waals surface area contributed by atoms with E-state index in [9.17, 15) is 4.79 Å². The van der Waals surface area contributed by atoms with Gasteiger partial charge in [-0.25, -0.2) is 0 Å². The summed E-state index contributed by atoms with van der Waals surface area (Å²) in [5, 5.41) is 0. The molecule has 17 heavy (non-hydrogen) atoms. The van der Waals surface area contributed by atoms with Crippen molar-refractivity contribution in [2.75, 3.05) is 0 Å². The molecule has 0 saturated heterocycles. The lowest BCUT2D eigenvalue weighted by Gasteiger charge is -2.16. The van der Waals surface area contributed by atoms with Gasteiger partial charge in [-0.05, 0) is 43.9 Å². The normalized spacial score (nSPS) is 24.4. The maximum atomic E-state index is 11.5. The molecule has 1 aliphatic carbocycles. The van der Waals surface area contributed by atoms with E-state index in [0.29, 0.717) is 11.7 Å². The first kappa shape index (κ1) is 12.2. The lowest BCUT2D eigenvalue weighted by molar-refractivity contribution is -0.120. The number of carbonyl (C=O) groups is 1. The molecule has 0 spiro atoms. The second-order valence-electron chi connectivity index (χ2n) is 5.14. The van der Waals surface area contributed by atoms with Crippen molar-refractivity contribution in [2.45, 2.75) is 45.6 Å². The summed E-state index contributed by atoms with van der Waals surface area (Å²) in [6.45, 7) is 6.08. The van der Waals surface area contributed by atoms with Crippen LogP contribution in [0.2, 0.25) is 0 Å². The Morgan fingerprint density at radius 1 is 1.24 bits per heavy atom. The quantitative estimate of drug-likeness (QED) is 0.796. The fourth-order valence-electron chi connectivity index (χ4n) is 2.52. The monoisotopic (exact) mass is 232 g/mol. The molecule has 1 aromatic rings. The molecule has 92 valence electrons. The Bertz CT molecular complexity index is 392. The minimum absolute atomic E-state index is 0.173. The van der Waals surface area contributed by atoms with E-state index in [1.54, 1.807) is 0 Å². The van der Waals surface area contributed by atoms with Gasteiger partial charge in [0.15, 0.2) is 0 Å². The van der Waals surface area contributed by atoms with Crippen molar-refractivity contribution < 1.29 is 9.53 Å². The first-order chi connectivity index (χ1) is 8.08. The van der Waals surface area contributed by atoms with Crippen LogP contribution in [0.25, 0.3) is 0 Å². The van der Waals surface area contributed by atoms with Gasteiger partial charge in [-0.1, -0.05) is 19.1 Å². The van der Waals surface area contributed by atoms with Gasteiger partial charge in [0.2, 0.25) is 0 Å². The van der Waals surface area contributed by atoms with E-state index in [1.165, 1.54) is 5.56 Å². The molecule has 0 bridgehead atoms. The third kappa shape index (κ3) is 2.68. The smallest absolute Gasteiger partial charge is 0.136 e. The third-order valence-electron chi connectivity index (χ3n) is 3.49. The molecule has 1 fully saturated rings. The summed E-state index contributed by atoms with van der Waals surface area (Å²) in [6.07, 6.45) is 1.92. The van der Waals surface area contributed by atoms with Gasteiger partial charge in [-0.2, -0.15) is 0 Å². The molecule has 1 aromatic carbocycles. The van der Waals surface area contributed by atoms with Gasteiger partial charge in [0.1, 0.15) is 11.5 Å². The van der Waals surface area contributed by atoms with Crippen molar-refractivity contribution in [1.29, 1.82) is 0 Å². The second kappa shape index (κ2) is 4.91. The fourth-order valence-corrected chi connectivity index (χ4v) is 2.52. The molecule has 0 amide bonds. The minimum Gasteiger partial charge on any atom is -0.491 e. The van der Waals surface area contributed by atoms with Gasteiger partial charge in [0.05, 0.1) is 6.10 Å². The maximum Gasteiger partial charge on any atom is 0.136 e. The molecule has 1 saturated carbocycles. The predicted molar refractivity (Wildman–Crippen MR) is 68.4 cm³/mol. The highest BCUT2D eigenvalue weighted by atomic mass is 16.5. The largest absolute Gasteiger partial charge is 0.491 e. The van der Waals surface area contributed by atoms with Gasteiger partial charge in [-0.15, -0.1) is 0 Å². The minimum atomic E-state index is 0.173. The molecule has 0 aromatic heterocycles. The third-order valence-corrected chi connectivity index (χ3v) is 3.49. The van der Waals surface area contributed by atoms with Crippen LogP contribution in [0, 0.1) is 5.92 Å². The zero-order valence-corrected chi connectivity index (χ0v) is 10.8. The lowest BCUT2D eigenvalue weighted by Crippen LogP contribution is -2.09. The summed E-state index contributed by atoms with van der Waals surface area (Å²) in [4.78, 5) is 11.5. The summed E-state index contributed by atoms with van der Waals surface area (Å²) in [5.41, 5.74) is 1.26. The van der Waals surface area contributed by atoms with E-state index in [4.69, 9.17) is 4.74 Å². The topological polar surface area (TPSA) is 26.3 Å². The average molecular weight is 232 g/mol. The molecular formula is C15H20O2. The van der Waals surface area contributed by atoms with Gasteiger partial charge in [0.25, 0.3) is 0 Å². The molecular weight excluding hydrogens is 212 g/mol. The standard InChI is InChI=1S/C15H20O2/c1-10(2)17-13-6-4-12(5-7-13)14-8-9-15(16)11(14)3/h4-7,10-11,14H,8-9H2,1-3H3. The van der Waals surface area contributed by atoms with Crippen LogP contribution in [0.4, 0.5) is 0 Å². The molecule has 2 nitrogen and oxygen atoms in total. The number of rotatable bonds is 3. The summed E-state index contributed by atoms with van der Waals surface area (Å²) >= 11 is 0. The molecule has 0 radical (unpaired) electrons. The van der Waals surface area contributed by atoms with Crippen molar-refractivity contribution in [3.05, 3.63) is 29.8 Å². The van der Waals surface area contributed by atoms with E-state index in [2.05, 4.69) is 12.1 Å². The Morgan fingerprint density at radius 2 is 1.88 bits per heavy atom. The highest BCUT2D eigenvalue weighted by molar-refractivity contribution is 5.84. The number of ketones is 1. The van der Waals surface area contributed by atoms with E-state index >= 15 is 0 Å². The SMILES string of the molecule is CC(C)Oc1ccc(C2CCC(=O)C2C)cc1. The van der Waals surface area contributed by atoms with E-state index < -0.39 is 0 Å². The fraction of sp³-hybridized carbons (Fsp3) is 0.533. The zero-order chi connectivity index (χ0) is 12.4. The number of carbonyl (C=O) groups excluding carboxylic acids is 1. The Hall–Kier alpha value is -1.31. The zero-order valence-electron chi connectivity index (χ0n) is 10.8. The molecule has 2 heteroatoms. The van der Waals surface area contributed by atoms with Crippen LogP contribution in [-0.2, 0) is 4.79 Å². The van der Waals surface area contributed by atoms with E-state index in [0.717, 1.165) is 18.6 Å². The Kier molecular flexibility index (Phi) is 3.51. The Labute approximate surface area is 103 Å². The lowest BCUT2D eigenvalue weighted by atomic mass is 9.90. The van der Waals surface area contributed by atoms with Crippen LogP contribution in [0.5, 0.6) is 5.75 Å². The molecule has 2 rings (SSSR count). The number of ether oxygens (including phenoxy) is 1. The number of hydrogen-bond donors (Lipinski definition) is 0. The first-order valence-electron chi connectivity index (χ1n) is 6.37. The van der Waals surface area contributed by atoms with Crippen molar-refractivity contribution in [2.24, 2.45) is 5.92 Å². The van der Waals surface area contributed by atoms with Crippen molar-refractivity contribution in [3.63, 3.8) is 0 Å². The predicted octanol–water partition coefficient (Wildman–Crippen LogP) is 3.56. The molecule has 2 unspecified atom stereocenters. The summed E-state index contributed by atoms with van der Waals surface area (Å²) in [5.74, 6) is 1.88. The van der Waals surface area contributed by atoms with Crippen molar-refractivity contribution >= 4 is 5.78 Å². The average Bonchev–Trinajstić information content (AvgIpc) is 2.60. The maximum absolute atomic E-state index is 11.5. The summed E-state index contributed by atoms with van der Waals surface area (Å²) in [7, 11) is 0. The van der Waals surface area contributed by atoms with Gasteiger partial charge < -0.3 is 4.74 Å². The number of Topliss-reactive ketones (excluding diaryl/α,β-unsaturated/α-hetero) is 1. The van der Waals surface area contributed by atoms with Crippen LogP contribution in [0.15, 0.2) is 24.3 Å². The van der Waals surface area contributed by atoms with Crippen molar-refractivity contribution in [3.8, 4) is 5.75 Å². The number of benzene rings is 1. The summed E-state index contributed by atoms with van der Waals surface area (Å²) < 4.78 is 5.61. The second-order valence-corrected chi connectivity index (χ2v) is 5.14. The van der Waals surface area contributed by atoms with E-state index in [1.807, 2.05) is 32.9 Å². The summed E-state index contributed by atoms with van der Waals surface area (Å²) in [6, 6.07) is 8.20. The van der Waals surface area contributed by atoms with Crippen LogP contribution >= 0.6 is 0 Å². The number of hydrogen-bond acceptors (Lipinski definition) is 2. The van der Waals surface area contributed by atoms with Gasteiger partial charge >= 0.3 is 0 Å². The first-order valence-corrected chi connectivity index (χ1v) is 6.37. The van der Waals surface area contributed by atoms with Crippen LogP contribution in [0.1, 0.15) is 45.1 Å². The van der Waals surface area contributed by atoms with Crippen LogP contribution < -0.4 is 4.74 Å². The highest BCUT2D eigenvalue weighted by Gasteiger charge is 2.31. The molecule has 0 N–H and O–H groups in total.